The van der Waals surface area contributed by atoms with Crippen molar-refractivity contribution in [3.8, 4) is 0 Å². The maximum atomic E-state index is 12.3. The van der Waals surface area contributed by atoms with Crippen molar-refractivity contribution < 1.29 is 4.79 Å². The number of rotatable bonds is 2. The molecular formula is C13H18N2OS. The molecule has 0 saturated carbocycles. The van der Waals surface area contributed by atoms with Crippen molar-refractivity contribution in [1.82, 2.24) is 4.90 Å². The highest BCUT2D eigenvalue weighted by Crippen LogP contribution is 2.23. The number of carbonyl (C=O) groups is 1. The van der Waals surface area contributed by atoms with Gasteiger partial charge >= 0.3 is 0 Å². The Labute approximate surface area is 106 Å². The van der Waals surface area contributed by atoms with Gasteiger partial charge < -0.3 is 10.6 Å². The summed E-state index contributed by atoms with van der Waals surface area (Å²) in [5, 5.41) is 0. The van der Waals surface area contributed by atoms with E-state index < -0.39 is 0 Å². The van der Waals surface area contributed by atoms with Gasteiger partial charge in [-0.2, -0.15) is 11.8 Å². The molecule has 1 atom stereocenters. The molecule has 0 aliphatic carbocycles. The molecule has 1 aromatic carbocycles. The molecule has 17 heavy (non-hydrogen) atoms. The van der Waals surface area contributed by atoms with Gasteiger partial charge in [-0.15, -0.1) is 0 Å². The lowest BCUT2D eigenvalue weighted by molar-refractivity contribution is 0.0747. The Morgan fingerprint density at radius 1 is 1.53 bits per heavy atom. The van der Waals surface area contributed by atoms with Crippen molar-refractivity contribution >= 4 is 23.4 Å². The molecule has 1 saturated heterocycles. The monoisotopic (exact) mass is 250 g/mol. The third kappa shape index (κ3) is 2.57. The standard InChI is InChI=1S/C13H18N2OS/c1-9-7-10(14)3-4-12(9)13(16)15(2)11-5-6-17-8-11/h3-4,7,11H,5-6,8,14H2,1-2H3. The first-order valence-electron chi connectivity index (χ1n) is 5.80. The van der Waals surface area contributed by atoms with E-state index in [2.05, 4.69) is 0 Å². The van der Waals surface area contributed by atoms with Crippen LogP contribution in [-0.4, -0.2) is 35.4 Å². The second-order valence-electron chi connectivity index (χ2n) is 4.51. The van der Waals surface area contributed by atoms with Crippen LogP contribution >= 0.6 is 11.8 Å². The molecule has 2 rings (SSSR count). The normalized spacial score (nSPS) is 19.3. The average Bonchev–Trinajstić information content (AvgIpc) is 2.80. The van der Waals surface area contributed by atoms with Crippen LogP contribution in [0, 0.1) is 6.92 Å². The lowest BCUT2D eigenvalue weighted by Gasteiger charge is -2.24. The van der Waals surface area contributed by atoms with Crippen LogP contribution in [0.25, 0.3) is 0 Å². The molecule has 1 unspecified atom stereocenters. The van der Waals surface area contributed by atoms with Crippen molar-refractivity contribution in [3.63, 3.8) is 0 Å². The number of aryl methyl sites for hydroxylation is 1. The van der Waals surface area contributed by atoms with E-state index >= 15 is 0 Å². The summed E-state index contributed by atoms with van der Waals surface area (Å²) >= 11 is 1.92. The van der Waals surface area contributed by atoms with Gasteiger partial charge in [0.1, 0.15) is 0 Å². The minimum Gasteiger partial charge on any atom is -0.399 e. The highest BCUT2D eigenvalue weighted by molar-refractivity contribution is 7.99. The maximum Gasteiger partial charge on any atom is 0.254 e. The Kier molecular flexibility index (Phi) is 3.62. The molecular weight excluding hydrogens is 232 g/mol. The van der Waals surface area contributed by atoms with E-state index in [-0.39, 0.29) is 5.91 Å². The molecule has 1 aliphatic heterocycles. The highest BCUT2D eigenvalue weighted by Gasteiger charge is 2.25. The molecule has 1 aromatic rings. The second kappa shape index (κ2) is 5.00. The van der Waals surface area contributed by atoms with Crippen molar-refractivity contribution in [3.05, 3.63) is 29.3 Å². The van der Waals surface area contributed by atoms with Crippen LogP contribution in [0.1, 0.15) is 22.3 Å². The van der Waals surface area contributed by atoms with E-state index in [1.54, 1.807) is 6.07 Å². The predicted molar refractivity (Wildman–Crippen MR) is 73.4 cm³/mol. The quantitative estimate of drug-likeness (QED) is 0.818. The van der Waals surface area contributed by atoms with Crippen LogP contribution in [0.15, 0.2) is 18.2 Å². The van der Waals surface area contributed by atoms with Crippen LogP contribution in [0.3, 0.4) is 0 Å². The molecule has 0 spiro atoms. The van der Waals surface area contributed by atoms with Crippen molar-refractivity contribution in [2.45, 2.75) is 19.4 Å². The van der Waals surface area contributed by atoms with Gasteiger partial charge in [0.05, 0.1) is 0 Å². The molecule has 0 aromatic heterocycles. The summed E-state index contributed by atoms with van der Waals surface area (Å²) in [5.74, 6) is 2.31. The van der Waals surface area contributed by atoms with Gasteiger partial charge in [0, 0.05) is 30.1 Å². The number of nitrogen functional groups attached to an aromatic ring is 1. The van der Waals surface area contributed by atoms with Gasteiger partial charge in [-0.25, -0.2) is 0 Å². The summed E-state index contributed by atoms with van der Waals surface area (Å²) in [6.07, 6.45) is 1.10. The summed E-state index contributed by atoms with van der Waals surface area (Å²) < 4.78 is 0. The summed E-state index contributed by atoms with van der Waals surface area (Å²) in [6, 6.07) is 5.84. The molecule has 1 aliphatic rings. The number of amides is 1. The molecule has 4 heteroatoms. The number of nitrogens with two attached hydrogens (primary N) is 1. The fraction of sp³-hybridized carbons (Fsp3) is 0.462. The lowest BCUT2D eigenvalue weighted by Crippen LogP contribution is -2.37. The minimum atomic E-state index is 0.106. The van der Waals surface area contributed by atoms with Gasteiger partial charge in [0.2, 0.25) is 0 Å². The fourth-order valence-electron chi connectivity index (χ4n) is 2.11. The van der Waals surface area contributed by atoms with Crippen molar-refractivity contribution in [2.75, 3.05) is 24.3 Å². The molecule has 2 N–H and O–H groups in total. The van der Waals surface area contributed by atoms with Crippen molar-refractivity contribution in [2.24, 2.45) is 0 Å². The van der Waals surface area contributed by atoms with Gasteiger partial charge in [-0.05, 0) is 42.9 Å². The van der Waals surface area contributed by atoms with E-state index in [0.717, 1.165) is 29.1 Å². The van der Waals surface area contributed by atoms with E-state index in [9.17, 15) is 4.79 Å². The average molecular weight is 250 g/mol. The number of hydrogen-bond acceptors (Lipinski definition) is 3. The zero-order chi connectivity index (χ0) is 12.4. The smallest absolute Gasteiger partial charge is 0.254 e. The van der Waals surface area contributed by atoms with E-state index in [0.29, 0.717) is 11.7 Å². The zero-order valence-electron chi connectivity index (χ0n) is 10.3. The second-order valence-corrected chi connectivity index (χ2v) is 5.66. The van der Waals surface area contributed by atoms with Crippen LogP contribution in [0.2, 0.25) is 0 Å². The Morgan fingerprint density at radius 3 is 2.88 bits per heavy atom. The first kappa shape index (κ1) is 12.3. The highest BCUT2D eigenvalue weighted by atomic mass is 32.2. The van der Waals surface area contributed by atoms with Crippen LogP contribution < -0.4 is 5.73 Å². The number of nitrogens with zero attached hydrogens (tertiary/aromatic N) is 1. The number of anilines is 1. The third-order valence-corrected chi connectivity index (χ3v) is 4.40. The summed E-state index contributed by atoms with van der Waals surface area (Å²) in [6.45, 7) is 1.93. The minimum absolute atomic E-state index is 0.106. The van der Waals surface area contributed by atoms with E-state index in [1.165, 1.54) is 0 Å². The van der Waals surface area contributed by atoms with Gasteiger partial charge in [0.15, 0.2) is 0 Å². The molecule has 1 heterocycles. The predicted octanol–water partition coefficient (Wildman–Crippen LogP) is 2.15. The van der Waals surface area contributed by atoms with Gasteiger partial charge in [0.25, 0.3) is 5.91 Å². The summed E-state index contributed by atoms with van der Waals surface area (Å²) in [7, 11) is 1.90. The van der Waals surface area contributed by atoms with Crippen molar-refractivity contribution in [1.29, 1.82) is 0 Å². The number of hydrogen-bond donors (Lipinski definition) is 1. The van der Waals surface area contributed by atoms with Gasteiger partial charge in [-0.3, -0.25) is 4.79 Å². The number of benzene rings is 1. The SMILES string of the molecule is Cc1cc(N)ccc1C(=O)N(C)C1CCSC1. The molecule has 3 nitrogen and oxygen atoms in total. The molecule has 0 bridgehead atoms. The Balaban J connectivity index is 2.18. The van der Waals surface area contributed by atoms with Gasteiger partial charge in [-0.1, -0.05) is 0 Å². The molecule has 0 radical (unpaired) electrons. The maximum absolute atomic E-state index is 12.3. The number of thioether (sulfide) groups is 1. The molecule has 92 valence electrons. The van der Waals surface area contributed by atoms with E-state index in [4.69, 9.17) is 5.73 Å². The van der Waals surface area contributed by atoms with E-state index in [1.807, 2.05) is 42.8 Å². The molecule has 1 amide bonds. The number of carbonyl (C=O) groups excluding carboxylic acids is 1. The lowest BCUT2D eigenvalue weighted by atomic mass is 10.1. The van der Waals surface area contributed by atoms with Crippen LogP contribution in [-0.2, 0) is 0 Å². The molecule has 1 fully saturated rings. The topological polar surface area (TPSA) is 46.3 Å². The van der Waals surface area contributed by atoms with Crippen LogP contribution in [0.4, 0.5) is 5.69 Å². The summed E-state index contributed by atoms with van der Waals surface area (Å²) in [5.41, 5.74) is 8.12. The summed E-state index contributed by atoms with van der Waals surface area (Å²) in [4.78, 5) is 14.2. The Morgan fingerprint density at radius 2 is 2.29 bits per heavy atom. The fourth-order valence-corrected chi connectivity index (χ4v) is 3.38. The largest absolute Gasteiger partial charge is 0.399 e. The zero-order valence-corrected chi connectivity index (χ0v) is 11.1. The van der Waals surface area contributed by atoms with Crippen LogP contribution in [0.5, 0.6) is 0 Å². The third-order valence-electron chi connectivity index (χ3n) is 3.25. The first-order valence-corrected chi connectivity index (χ1v) is 6.96. The Hall–Kier alpha value is -1.16. The first-order chi connectivity index (χ1) is 8.09. The Bertz CT molecular complexity index is 427.